The van der Waals surface area contributed by atoms with Crippen LogP contribution in [0, 0.1) is 0 Å². The number of para-hydroxylation sites is 1. The fraction of sp³-hybridized carbons (Fsp3) is 0.111. The monoisotopic (exact) mass is 414 g/mol. The van der Waals surface area contributed by atoms with Crippen molar-refractivity contribution in [2.75, 3.05) is 6.61 Å². The Labute approximate surface area is 179 Å². The lowest BCUT2D eigenvalue weighted by Crippen LogP contribution is -2.32. The van der Waals surface area contributed by atoms with Crippen molar-refractivity contribution in [3.05, 3.63) is 121 Å². The highest BCUT2D eigenvalue weighted by Gasteiger charge is 2.45. The van der Waals surface area contributed by atoms with Gasteiger partial charge < -0.3 is 10.2 Å². The van der Waals surface area contributed by atoms with E-state index >= 15 is 0 Å². The van der Waals surface area contributed by atoms with Gasteiger partial charge >= 0.3 is 0 Å². The second-order valence-corrected chi connectivity index (χ2v) is 10.5. The van der Waals surface area contributed by atoms with Gasteiger partial charge in [0.2, 0.25) is 0 Å². The highest BCUT2D eigenvalue weighted by molar-refractivity contribution is 7.95. The lowest BCUT2D eigenvalue weighted by molar-refractivity contribution is 0.337. The Kier molecular flexibility index (Phi) is 7.41. The molecule has 0 aromatic heterocycles. The van der Waals surface area contributed by atoms with Gasteiger partial charge in [0.25, 0.3) is 0 Å². The average molecular weight is 414 g/mol. The molecule has 2 nitrogen and oxygen atoms in total. The zero-order valence-electron chi connectivity index (χ0n) is 17.2. The minimum atomic E-state index is -1.91. The minimum absolute atomic E-state index is 0. The van der Waals surface area contributed by atoms with Gasteiger partial charge in [-0.05, 0) is 49.4 Å². The largest absolute Gasteiger partial charge is 0.870 e. The first-order valence-corrected chi connectivity index (χ1v) is 12.1. The number of hydrogen-bond acceptors (Lipinski definition) is 2. The van der Waals surface area contributed by atoms with Gasteiger partial charge in [0.05, 0.1) is 6.61 Å². The third-order valence-electron chi connectivity index (χ3n) is 5.27. The zero-order valence-corrected chi connectivity index (χ0v) is 18.1. The molecule has 1 N–H and O–H groups in total. The highest BCUT2D eigenvalue weighted by atomic mass is 31.2. The molecule has 0 saturated carbocycles. The summed E-state index contributed by atoms with van der Waals surface area (Å²) in [6.45, 7) is 2.72. The summed E-state index contributed by atoms with van der Waals surface area (Å²) in [7, 11) is -1.91. The first kappa shape index (κ1) is 21.8. The van der Waals surface area contributed by atoms with Gasteiger partial charge in [-0.1, -0.05) is 72.8 Å². The highest BCUT2D eigenvalue weighted by Crippen LogP contribution is 2.58. The number of ether oxygens (including phenoxy) is 1. The van der Waals surface area contributed by atoms with E-state index in [9.17, 15) is 0 Å². The molecule has 0 aliphatic rings. The molecule has 0 fully saturated rings. The SMILES string of the molecule is CCOc1ccccc1C[P+](c1ccccc1)(c1ccccc1)c1ccccc1.[OH-]. The molecule has 0 aliphatic heterocycles. The Morgan fingerprint density at radius 2 is 0.967 bits per heavy atom. The van der Waals surface area contributed by atoms with Crippen LogP contribution in [0.4, 0.5) is 0 Å². The van der Waals surface area contributed by atoms with Crippen molar-refractivity contribution >= 4 is 23.2 Å². The maximum Gasteiger partial charge on any atom is 0.126 e. The van der Waals surface area contributed by atoms with E-state index in [0.29, 0.717) is 6.61 Å². The molecule has 152 valence electrons. The van der Waals surface area contributed by atoms with E-state index in [1.165, 1.54) is 21.5 Å². The molecule has 30 heavy (non-hydrogen) atoms. The molecule has 0 heterocycles. The molecule has 0 bridgehead atoms. The van der Waals surface area contributed by atoms with Crippen molar-refractivity contribution in [2.24, 2.45) is 0 Å². The van der Waals surface area contributed by atoms with Gasteiger partial charge in [0, 0.05) is 5.56 Å². The minimum Gasteiger partial charge on any atom is -0.870 e. The number of hydrogen-bond donors (Lipinski definition) is 0. The zero-order chi connectivity index (χ0) is 19.9. The first-order chi connectivity index (χ1) is 14.3. The third kappa shape index (κ3) is 4.31. The van der Waals surface area contributed by atoms with Crippen molar-refractivity contribution in [3.63, 3.8) is 0 Å². The van der Waals surface area contributed by atoms with Crippen LogP contribution in [0.3, 0.4) is 0 Å². The van der Waals surface area contributed by atoms with Crippen LogP contribution in [-0.4, -0.2) is 12.1 Å². The van der Waals surface area contributed by atoms with Gasteiger partial charge in [0.15, 0.2) is 0 Å². The van der Waals surface area contributed by atoms with E-state index in [-0.39, 0.29) is 5.48 Å². The maximum absolute atomic E-state index is 6.01. The van der Waals surface area contributed by atoms with Crippen LogP contribution in [0.25, 0.3) is 0 Å². The fourth-order valence-corrected chi connectivity index (χ4v) is 8.21. The van der Waals surface area contributed by atoms with Crippen LogP contribution in [0.15, 0.2) is 115 Å². The molecule has 0 saturated heterocycles. The Hall–Kier alpha value is -2.93. The van der Waals surface area contributed by atoms with Gasteiger partial charge in [-0.25, -0.2) is 0 Å². The summed E-state index contributed by atoms with van der Waals surface area (Å²) in [5, 5.41) is 4.18. The molecule has 3 heteroatoms. The van der Waals surface area contributed by atoms with Gasteiger partial charge in [-0.15, -0.1) is 0 Å². The molecule has 0 unspecified atom stereocenters. The van der Waals surface area contributed by atoms with Crippen LogP contribution in [0.1, 0.15) is 12.5 Å². The molecular weight excluding hydrogens is 387 g/mol. The van der Waals surface area contributed by atoms with Crippen LogP contribution < -0.4 is 20.7 Å². The topological polar surface area (TPSA) is 39.2 Å². The third-order valence-corrected chi connectivity index (χ3v) is 9.62. The molecule has 4 rings (SSSR count). The maximum atomic E-state index is 6.01. The second-order valence-electron chi connectivity index (χ2n) is 7.02. The molecule has 4 aromatic carbocycles. The Balaban J connectivity index is 0.00000256. The lowest BCUT2D eigenvalue weighted by Gasteiger charge is -2.28. The summed E-state index contributed by atoms with van der Waals surface area (Å²) in [5.74, 6) is 0.988. The number of benzene rings is 4. The molecule has 0 radical (unpaired) electrons. The van der Waals surface area contributed by atoms with E-state index in [1.54, 1.807) is 0 Å². The Morgan fingerprint density at radius 1 is 0.567 bits per heavy atom. The van der Waals surface area contributed by atoms with Crippen LogP contribution in [0.5, 0.6) is 5.75 Å². The van der Waals surface area contributed by atoms with Crippen molar-refractivity contribution in [2.45, 2.75) is 13.1 Å². The molecule has 0 aliphatic carbocycles. The second kappa shape index (κ2) is 10.2. The van der Waals surface area contributed by atoms with Crippen LogP contribution in [0.2, 0.25) is 0 Å². The Morgan fingerprint density at radius 3 is 1.40 bits per heavy atom. The quantitative estimate of drug-likeness (QED) is 0.380. The van der Waals surface area contributed by atoms with E-state index < -0.39 is 7.26 Å². The summed E-state index contributed by atoms with van der Waals surface area (Å²) in [4.78, 5) is 0. The Bertz CT molecular complexity index is 937. The standard InChI is InChI=1S/C27H26OP.H2O/c1-2-28-27-21-13-12-14-23(27)22-29(24-15-6-3-7-16-24,25-17-8-4-9-18-25)26-19-10-5-11-20-26;/h3-21H,2,22H2,1H3;1H2/q+1;/p-1. The summed E-state index contributed by atoms with van der Waals surface area (Å²) in [5.41, 5.74) is 1.26. The van der Waals surface area contributed by atoms with Crippen molar-refractivity contribution in [1.29, 1.82) is 0 Å². The van der Waals surface area contributed by atoms with Crippen molar-refractivity contribution in [3.8, 4) is 5.75 Å². The summed E-state index contributed by atoms with van der Waals surface area (Å²) < 4.78 is 6.01. The summed E-state index contributed by atoms with van der Waals surface area (Å²) in [6.07, 6.45) is 0.932. The van der Waals surface area contributed by atoms with E-state index in [1.807, 2.05) is 6.92 Å². The molecule has 0 atom stereocenters. The normalized spacial score (nSPS) is 10.8. The van der Waals surface area contributed by atoms with Crippen molar-refractivity contribution < 1.29 is 10.2 Å². The van der Waals surface area contributed by atoms with E-state index in [4.69, 9.17) is 4.74 Å². The summed E-state index contributed by atoms with van der Waals surface area (Å²) in [6, 6.07) is 41.5. The lowest BCUT2D eigenvalue weighted by atomic mass is 10.2. The average Bonchev–Trinajstić information content (AvgIpc) is 2.80. The number of rotatable bonds is 7. The van der Waals surface area contributed by atoms with E-state index in [2.05, 4.69) is 115 Å². The fourth-order valence-electron chi connectivity index (χ4n) is 3.95. The summed E-state index contributed by atoms with van der Waals surface area (Å²) >= 11 is 0. The van der Waals surface area contributed by atoms with Gasteiger partial charge in [0.1, 0.15) is 35.1 Å². The predicted octanol–water partition coefficient (Wildman–Crippen LogP) is 5.40. The van der Waals surface area contributed by atoms with E-state index in [0.717, 1.165) is 11.9 Å². The molecule has 0 spiro atoms. The predicted molar refractivity (Wildman–Crippen MR) is 128 cm³/mol. The van der Waals surface area contributed by atoms with Crippen LogP contribution in [-0.2, 0) is 6.16 Å². The molecular formula is C27H27O2P. The molecule has 0 amide bonds. The van der Waals surface area contributed by atoms with Gasteiger partial charge in [-0.2, -0.15) is 0 Å². The van der Waals surface area contributed by atoms with Crippen LogP contribution >= 0.6 is 7.26 Å². The molecule has 4 aromatic rings. The van der Waals surface area contributed by atoms with Gasteiger partial charge in [-0.3, -0.25) is 0 Å². The smallest absolute Gasteiger partial charge is 0.126 e. The first-order valence-electron chi connectivity index (χ1n) is 10.1. The van der Waals surface area contributed by atoms with Crippen molar-refractivity contribution in [1.82, 2.24) is 0 Å².